The molecule has 1 N–H and O–H groups in total. The topological polar surface area (TPSA) is 42.2 Å². The number of pyridine rings is 1. The normalized spacial score (nSPS) is 12.7. The molecule has 108 valence electrons. The lowest BCUT2D eigenvalue weighted by atomic mass is 10.2. The molecule has 0 bridgehead atoms. The van der Waals surface area contributed by atoms with Crippen molar-refractivity contribution >= 4 is 33.2 Å². The van der Waals surface area contributed by atoms with Crippen molar-refractivity contribution in [2.45, 2.75) is 19.5 Å². The monoisotopic (exact) mass is 364 g/mol. The number of hydrogen-bond donors (Lipinski definition) is 1. The summed E-state index contributed by atoms with van der Waals surface area (Å²) in [5, 5.41) is 12.6. The SMILES string of the molecule is CC(NCc1ccc(Cl)c(Br)c1)c1nnc2ccccn12. The van der Waals surface area contributed by atoms with Gasteiger partial charge in [-0.25, -0.2) is 0 Å². The van der Waals surface area contributed by atoms with Crippen LogP contribution >= 0.6 is 27.5 Å². The Kier molecular flexibility index (Phi) is 4.24. The standard InChI is InChI=1S/C15H14BrClN4/c1-10(15-20-19-14-4-2-3-7-21(14)15)18-9-11-5-6-13(17)12(16)8-11/h2-8,10,18H,9H2,1H3. The van der Waals surface area contributed by atoms with Crippen LogP contribution in [0.1, 0.15) is 24.4 Å². The molecule has 4 nitrogen and oxygen atoms in total. The summed E-state index contributed by atoms with van der Waals surface area (Å²) in [6.07, 6.45) is 1.97. The molecule has 6 heteroatoms. The van der Waals surface area contributed by atoms with E-state index in [4.69, 9.17) is 11.6 Å². The lowest BCUT2D eigenvalue weighted by Gasteiger charge is -2.12. The van der Waals surface area contributed by atoms with Crippen LogP contribution in [-0.2, 0) is 6.54 Å². The van der Waals surface area contributed by atoms with Crippen molar-refractivity contribution in [3.63, 3.8) is 0 Å². The number of halogens is 2. The van der Waals surface area contributed by atoms with Gasteiger partial charge in [0, 0.05) is 17.2 Å². The third-order valence-electron chi connectivity index (χ3n) is 3.32. The molecule has 0 radical (unpaired) electrons. The van der Waals surface area contributed by atoms with Crippen LogP contribution in [0.3, 0.4) is 0 Å². The Morgan fingerprint density at radius 1 is 1.29 bits per heavy atom. The van der Waals surface area contributed by atoms with E-state index in [1.807, 2.05) is 47.0 Å². The fourth-order valence-electron chi connectivity index (χ4n) is 2.17. The minimum atomic E-state index is 0.0943. The van der Waals surface area contributed by atoms with Gasteiger partial charge in [-0.2, -0.15) is 0 Å². The third-order valence-corrected chi connectivity index (χ3v) is 4.54. The minimum absolute atomic E-state index is 0.0943. The number of nitrogens with one attached hydrogen (secondary N) is 1. The van der Waals surface area contributed by atoms with Gasteiger partial charge in [0.05, 0.1) is 11.1 Å². The maximum Gasteiger partial charge on any atom is 0.160 e. The predicted molar refractivity (Wildman–Crippen MR) is 87.4 cm³/mol. The molecule has 1 aromatic carbocycles. The molecule has 21 heavy (non-hydrogen) atoms. The smallest absolute Gasteiger partial charge is 0.160 e. The van der Waals surface area contributed by atoms with Gasteiger partial charge in [-0.05, 0) is 52.7 Å². The van der Waals surface area contributed by atoms with Crippen LogP contribution in [0.4, 0.5) is 0 Å². The molecular weight excluding hydrogens is 352 g/mol. The molecule has 3 rings (SSSR count). The zero-order chi connectivity index (χ0) is 14.8. The van der Waals surface area contributed by atoms with Gasteiger partial charge in [0.2, 0.25) is 0 Å². The van der Waals surface area contributed by atoms with Crippen molar-refractivity contribution in [2.24, 2.45) is 0 Å². The first-order valence-electron chi connectivity index (χ1n) is 6.62. The fourth-order valence-corrected chi connectivity index (χ4v) is 2.71. The Morgan fingerprint density at radius 2 is 2.14 bits per heavy atom. The second-order valence-corrected chi connectivity index (χ2v) is 6.10. The molecule has 2 aromatic heterocycles. The highest BCUT2D eigenvalue weighted by Crippen LogP contribution is 2.23. The first-order valence-corrected chi connectivity index (χ1v) is 7.79. The van der Waals surface area contributed by atoms with E-state index in [1.54, 1.807) is 0 Å². The van der Waals surface area contributed by atoms with E-state index in [9.17, 15) is 0 Å². The van der Waals surface area contributed by atoms with E-state index in [1.165, 1.54) is 0 Å². The third kappa shape index (κ3) is 3.10. The quantitative estimate of drug-likeness (QED) is 0.760. The lowest BCUT2D eigenvalue weighted by Crippen LogP contribution is -2.20. The molecule has 1 unspecified atom stereocenters. The summed E-state index contributed by atoms with van der Waals surface area (Å²) >= 11 is 9.44. The second kappa shape index (κ2) is 6.13. The van der Waals surface area contributed by atoms with Gasteiger partial charge in [-0.15, -0.1) is 10.2 Å². The summed E-state index contributed by atoms with van der Waals surface area (Å²) < 4.78 is 2.90. The molecule has 0 amide bonds. The number of aromatic nitrogens is 3. The van der Waals surface area contributed by atoms with E-state index in [0.717, 1.165) is 33.1 Å². The highest BCUT2D eigenvalue weighted by atomic mass is 79.9. The zero-order valence-corrected chi connectivity index (χ0v) is 13.8. The molecule has 1 atom stereocenters. The maximum atomic E-state index is 6.00. The molecule has 0 saturated heterocycles. The molecule has 0 fully saturated rings. The molecule has 2 heterocycles. The van der Waals surface area contributed by atoms with Crippen LogP contribution < -0.4 is 5.32 Å². The van der Waals surface area contributed by atoms with Gasteiger partial charge in [-0.1, -0.05) is 23.7 Å². The fraction of sp³-hybridized carbons (Fsp3) is 0.200. The Hall–Kier alpha value is -1.43. The van der Waals surface area contributed by atoms with Crippen molar-refractivity contribution < 1.29 is 0 Å². The minimum Gasteiger partial charge on any atom is -0.303 e. The first-order chi connectivity index (χ1) is 10.1. The summed E-state index contributed by atoms with van der Waals surface area (Å²) in [7, 11) is 0. The summed E-state index contributed by atoms with van der Waals surface area (Å²) in [5.41, 5.74) is 2.02. The van der Waals surface area contributed by atoms with E-state index >= 15 is 0 Å². The molecule has 0 aliphatic rings. The van der Waals surface area contributed by atoms with Crippen LogP contribution in [0.15, 0.2) is 47.1 Å². The highest BCUT2D eigenvalue weighted by molar-refractivity contribution is 9.10. The maximum absolute atomic E-state index is 6.00. The Morgan fingerprint density at radius 3 is 2.95 bits per heavy atom. The Balaban J connectivity index is 1.74. The number of nitrogens with zero attached hydrogens (tertiary/aromatic N) is 3. The van der Waals surface area contributed by atoms with Crippen LogP contribution in [0, 0.1) is 0 Å². The van der Waals surface area contributed by atoms with E-state index in [-0.39, 0.29) is 6.04 Å². The van der Waals surface area contributed by atoms with Crippen LogP contribution in [-0.4, -0.2) is 14.6 Å². The first kappa shape index (κ1) is 14.5. The van der Waals surface area contributed by atoms with Gasteiger partial charge in [-0.3, -0.25) is 4.40 Å². The summed E-state index contributed by atoms with van der Waals surface area (Å²) in [6.45, 7) is 2.81. The Labute approximate surface area is 136 Å². The van der Waals surface area contributed by atoms with E-state index in [0.29, 0.717) is 0 Å². The average Bonchev–Trinajstić information content (AvgIpc) is 2.92. The van der Waals surface area contributed by atoms with Gasteiger partial charge >= 0.3 is 0 Å². The largest absolute Gasteiger partial charge is 0.303 e. The number of hydrogen-bond acceptors (Lipinski definition) is 3. The highest BCUT2D eigenvalue weighted by Gasteiger charge is 2.12. The second-order valence-electron chi connectivity index (χ2n) is 4.84. The van der Waals surface area contributed by atoms with Crippen LogP contribution in [0.5, 0.6) is 0 Å². The number of fused-ring (bicyclic) bond motifs is 1. The van der Waals surface area contributed by atoms with Crippen molar-refractivity contribution in [3.8, 4) is 0 Å². The van der Waals surface area contributed by atoms with Gasteiger partial charge in [0.15, 0.2) is 11.5 Å². The molecule has 0 aliphatic heterocycles. The van der Waals surface area contributed by atoms with Crippen molar-refractivity contribution in [2.75, 3.05) is 0 Å². The van der Waals surface area contributed by atoms with E-state index < -0.39 is 0 Å². The number of benzene rings is 1. The van der Waals surface area contributed by atoms with Gasteiger partial charge < -0.3 is 5.32 Å². The molecule has 0 spiro atoms. The summed E-state index contributed by atoms with van der Waals surface area (Å²) in [6, 6.07) is 11.9. The van der Waals surface area contributed by atoms with Crippen LogP contribution in [0.2, 0.25) is 5.02 Å². The zero-order valence-electron chi connectivity index (χ0n) is 11.4. The predicted octanol–water partition coefficient (Wildman–Crippen LogP) is 4.00. The Bertz CT molecular complexity index is 771. The summed E-state index contributed by atoms with van der Waals surface area (Å²) in [5.74, 6) is 0.902. The molecule has 0 saturated carbocycles. The van der Waals surface area contributed by atoms with Crippen molar-refractivity contribution in [3.05, 3.63) is 63.5 Å². The van der Waals surface area contributed by atoms with Gasteiger partial charge in [0.25, 0.3) is 0 Å². The van der Waals surface area contributed by atoms with E-state index in [2.05, 4.69) is 38.4 Å². The van der Waals surface area contributed by atoms with Crippen molar-refractivity contribution in [1.29, 1.82) is 0 Å². The van der Waals surface area contributed by atoms with Crippen molar-refractivity contribution in [1.82, 2.24) is 19.9 Å². The molecular formula is C15H14BrClN4. The molecule has 3 aromatic rings. The summed E-state index contributed by atoms with van der Waals surface area (Å²) in [4.78, 5) is 0. The van der Waals surface area contributed by atoms with Gasteiger partial charge in [0.1, 0.15) is 0 Å². The molecule has 0 aliphatic carbocycles. The number of rotatable bonds is 4. The average molecular weight is 366 g/mol. The van der Waals surface area contributed by atoms with Crippen LogP contribution in [0.25, 0.3) is 5.65 Å². The lowest BCUT2D eigenvalue weighted by molar-refractivity contribution is 0.541.